The number of amides is 1. The van der Waals surface area contributed by atoms with Gasteiger partial charge in [0.2, 0.25) is 5.91 Å². The summed E-state index contributed by atoms with van der Waals surface area (Å²) in [7, 11) is 1.64. The Hall–Kier alpha value is -3.60. The molecule has 1 aliphatic heterocycles. The number of anilines is 1. The molecule has 1 aliphatic rings. The van der Waals surface area contributed by atoms with E-state index < -0.39 is 0 Å². The number of ether oxygens (including phenoxy) is 1. The van der Waals surface area contributed by atoms with Crippen LogP contribution in [0.2, 0.25) is 0 Å². The van der Waals surface area contributed by atoms with E-state index in [4.69, 9.17) is 9.72 Å². The highest BCUT2D eigenvalue weighted by atomic mass is 16.5. The number of hydrogen-bond donors (Lipinski definition) is 0. The molecule has 4 aromatic rings. The van der Waals surface area contributed by atoms with Gasteiger partial charge in [-0.25, -0.2) is 4.98 Å². The van der Waals surface area contributed by atoms with E-state index in [9.17, 15) is 4.79 Å². The minimum atomic E-state index is 0.0379. The lowest BCUT2D eigenvalue weighted by atomic mass is 10.1. The van der Waals surface area contributed by atoms with Crippen molar-refractivity contribution >= 4 is 22.6 Å². The van der Waals surface area contributed by atoms with E-state index >= 15 is 0 Å². The molecule has 3 aromatic carbocycles. The quantitative estimate of drug-likeness (QED) is 0.468. The molecule has 2 heterocycles. The third-order valence-corrected chi connectivity index (χ3v) is 5.96. The van der Waals surface area contributed by atoms with Crippen molar-refractivity contribution in [2.45, 2.75) is 25.8 Å². The topological polar surface area (TPSA) is 47.4 Å². The predicted molar refractivity (Wildman–Crippen MR) is 123 cm³/mol. The van der Waals surface area contributed by atoms with Crippen LogP contribution in [0, 0.1) is 6.92 Å². The Labute approximate surface area is 181 Å². The van der Waals surface area contributed by atoms with Crippen molar-refractivity contribution in [1.82, 2.24) is 9.55 Å². The Morgan fingerprint density at radius 3 is 2.71 bits per heavy atom. The second-order valence-corrected chi connectivity index (χ2v) is 8.14. The van der Waals surface area contributed by atoms with Crippen molar-refractivity contribution in [2.24, 2.45) is 0 Å². The smallest absolute Gasteiger partial charge is 0.227 e. The van der Waals surface area contributed by atoms with Crippen LogP contribution in [0.1, 0.15) is 29.3 Å². The van der Waals surface area contributed by atoms with E-state index in [0.29, 0.717) is 13.0 Å². The molecular formula is C26H25N3O2. The largest absolute Gasteiger partial charge is 0.497 e. The first-order valence-corrected chi connectivity index (χ1v) is 10.6. The number of imidazole rings is 1. The third-order valence-electron chi connectivity index (χ3n) is 5.96. The van der Waals surface area contributed by atoms with Gasteiger partial charge in [-0.2, -0.15) is 0 Å². The molecule has 1 saturated heterocycles. The molecule has 1 aromatic heterocycles. The van der Waals surface area contributed by atoms with Gasteiger partial charge in [-0.1, -0.05) is 48.0 Å². The summed E-state index contributed by atoms with van der Waals surface area (Å²) in [4.78, 5) is 19.8. The van der Waals surface area contributed by atoms with Crippen molar-refractivity contribution in [3.05, 3.63) is 89.7 Å². The molecule has 156 valence electrons. The van der Waals surface area contributed by atoms with Crippen molar-refractivity contribution in [3.63, 3.8) is 0 Å². The van der Waals surface area contributed by atoms with Crippen LogP contribution in [-0.4, -0.2) is 29.1 Å². The fraction of sp³-hybridized carbons (Fsp3) is 0.231. The van der Waals surface area contributed by atoms with Crippen LogP contribution in [0.25, 0.3) is 11.0 Å². The van der Waals surface area contributed by atoms with Crippen LogP contribution < -0.4 is 9.64 Å². The summed E-state index contributed by atoms with van der Waals surface area (Å²) in [5.41, 5.74) is 5.42. The summed E-state index contributed by atoms with van der Waals surface area (Å²) in [6, 6.07) is 24.4. The summed E-state index contributed by atoms with van der Waals surface area (Å²) < 4.78 is 7.62. The summed E-state index contributed by atoms with van der Waals surface area (Å²) in [6.07, 6.45) is 0.453. The summed E-state index contributed by atoms with van der Waals surface area (Å²) >= 11 is 0. The number of para-hydroxylation sites is 2. The van der Waals surface area contributed by atoms with Crippen LogP contribution >= 0.6 is 0 Å². The zero-order valence-electron chi connectivity index (χ0n) is 17.8. The first-order chi connectivity index (χ1) is 15.1. The summed E-state index contributed by atoms with van der Waals surface area (Å²) in [5.74, 6) is 1.88. The van der Waals surface area contributed by atoms with Crippen molar-refractivity contribution in [1.29, 1.82) is 0 Å². The van der Waals surface area contributed by atoms with E-state index in [0.717, 1.165) is 34.8 Å². The lowest BCUT2D eigenvalue weighted by Crippen LogP contribution is -2.24. The van der Waals surface area contributed by atoms with Crippen molar-refractivity contribution in [3.8, 4) is 5.75 Å². The van der Waals surface area contributed by atoms with Crippen LogP contribution in [0.5, 0.6) is 5.75 Å². The highest BCUT2D eigenvalue weighted by molar-refractivity contribution is 5.96. The molecule has 1 amide bonds. The lowest BCUT2D eigenvalue weighted by Gasteiger charge is -2.18. The number of fused-ring (bicyclic) bond motifs is 1. The Morgan fingerprint density at radius 1 is 1.03 bits per heavy atom. The number of methoxy groups -OCH3 is 1. The Kier molecular flexibility index (Phi) is 4.94. The van der Waals surface area contributed by atoms with E-state index in [1.54, 1.807) is 7.11 Å². The number of nitrogens with zero attached hydrogens (tertiary/aromatic N) is 3. The fourth-order valence-electron chi connectivity index (χ4n) is 4.47. The standard InChI is InChI=1S/C26H25N3O2/c1-18-7-5-8-19(13-18)16-29-24-12-4-3-11-23(24)27-26(29)20-14-25(30)28(17-20)21-9-6-10-22(15-21)31-2/h3-13,15,20H,14,16-17H2,1-2H3/t20-/m1/s1. The predicted octanol–water partition coefficient (Wildman–Crippen LogP) is 4.92. The van der Waals surface area contributed by atoms with E-state index in [-0.39, 0.29) is 11.8 Å². The van der Waals surface area contributed by atoms with Gasteiger partial charge in [0.15, 0.2) is 0 Å². The lowest BCUT2D eigenvalue weighted by molar-refractivity contribution is -0.117. The molecule has 0 spiro atoms. The monoisotopic (exact) mass is 411 g/mol. The van der Waals surface area contributed by atoms with Gasteiger partial charge < -0.3 is 14.2 Å². The maximum Gasteiger partial charge on any atom is 0.227 e. The van der Waals surface area contributed by atoms with Crippen molar-refractivity contribution in [2.75, 3.05) is 18.6 Å². The molecule has 1 atom stereocenters. The zero-order valence-corrected chi connectivity index (χ0v) is 17.8. The molecule has 0 N–H and O–H groups in total. The first-order valence-electron chi connectivity index (χ1n) is 10.6. The number of benzene rings is 3. The van der Waals surface area contributed by atoms with E-state index in [2.05, 4.69) is 41.8 Å². The number of aryl methyl sites for hydroxylation is 1. The molecule has 0 unspecified atom stereocenters. The highest BCUT2D eigenvalue weighted by Gasteiger charge is 2.35. The molecule has 1 fully saturated rings. The molecule has 0 bridgehead atoms. The number of carbonyl (C=O) groups is 1. The SMILES string of the molecule is COc1cccc(N2C[C@H](c3nc4ccccc4n3Cc3cccc(C)c3)CC2=O)c1. The molecule has 0 saturated carbocycles. The van der Waals surface area contributed by atoms with Gasteiger partial charge in [-0.15, -0.1) is 0 Å². The summed E-state index contributed by atoms with van der Waals surface area (Å²) in [6.45, 7) is 3.46. The van der Waals surface area contributed by atoms with Crippen LogP contribution in [0.3, 0.4) is 0 Å². The molecule has 5 heteroatoms. The van der Waals surface area contributed by atoms with Gasteiger partial charge in [0.05, 0.1) is 18.1 Å². The molecule has 0 radical (unpaired) electrons. The van der Waals surface area contributed by atoms with Crippen molar-refractivity contribution < 1.29 is 9.53 Å². The van der Waals surface area contributed by atoms with Gasteiger partial charge in [0, 0.05) is 37.2 Å². The number of hydrogen-bond acceptors (Lipinski definition) is 3. The Morgan fingerprint density at radius 2 is 1.87 bits per heavy atom. The number of carbonyl (C=O) groups excluding carboxylic acids is 1. The molecule has 5 nitrogen and oxygen atoms in total. The number of aromatic nitrogens is 2. The molecule has 31 heavy (non-hydrogen) atoms. The van der Waals surface area contributed by atoms with E-state index in [1.165, 1.54) is 11.1 Å². The van der Waals surface area contributed by atoms with Gasteiger partial charge in [-0.05, 0) is 36.8 Å². The molecule has 0 aliphatic carbocycles. The van der Waals surface area contributed by atoms with Crippen LogP contribution in [-0.2, 0) is 11.3 Å². The summed E-state index contributed by atoms with van der Waals surface area (Å²) in [5, 5.41) is 0. The third kappa shape index (κ3) is 3.67. The maximum absolute atomic E-state index is 12.9. The maximum atomic E-state index is 12.9. The molecular weight excluding hydrogens is 386 g/mol. The van der Waals surface area contributed by atoms with Gasteiger partial charge in [-0.3, -0.25) is 4.79 Å². The Balaban J connectivity index is 1.52. The second kappa shape index (κ2) is 7.91. The normalized spacial score (nSPS) is 16.3. The van der Waals surface area contributed by atoms with Gasteiger partial charge in [0.1, 0.15) is 11.6 Å². The number of rotatable bonds is 5. The average molecular weight is 412 g/mol. The minimum absolute atomic E-state index is 0.0379. The Bertz CT molecular complexity index is 1260. The highest BCUT2D eigenvalue weighted by Crippen LogP contribution is 2.34. The molecule has 5 rings (SSSR count). The van der Waals surface area contributed by atoms with Crippen LogP contribution in [0.15, 0.2) is 72.8 Å². The van der Waals surface area contributed by atoms with E-state index in [1.807, 2.05) is 47.4 Å². The van der Waals surface area contributed by atoms with Crippen LogP contribution in [0.4, 0.5) is 5.69 Å². The zero-order chi connectivity index (χ0) is 21.4. The fourth-order valence-corrected chi connectivity index (χ4v) is 4.47. The van der Waals surface area contributed by atoms with Gasteiger partial charge in [0.25, 0.3) is 0 Å². The first kappa shape index (κ1) is 19.4. The minimum Gasteiger partial charge on any atom is -0.497 e. The second-order valence-electron chi connectivity index (χ2n) is 8.14. The van der Waals surface area contributed by atoms with Gasteiger partial charge >= 0.3 is 0 Å². The average Bonchev–Trinajstić information content (AvgIpc) is 3.34.